The molecule has 5 nitrogen and oxygen atoms in total. The van der Waals surface area contributed by atoms with Crippen molar-refractivity contribution in [1.82, 2.24) is 10.6 Å². The van der Waals surface area contributed by atoms with Gasteiger partial charge in [-0.2, -0.15) is 0 Å². The summed E-state index contributed by atoms with van der Waals surface area (Å²) in [6.07, 6.45) is 1.19. The summed E-state index contributed by atoms with van der Waals surface area (Å²) in [5.74, 6) is 1.78. The maximum atomic E-state index is 6.08. The second kappa shape index (κ2) is 11.0. The third kappa shape index (κ3) is 6.95. The van der Waals surface area contributed by atoms with Gasteiger partial charge in [-0.3, -0.25) is 0 Å². The van der Waals surface area contributed by atoms with Gasteiger partial charge in [0, 0.05) is 24.1 Å². The Labute approximate surface area is 175 Å². The van der Waals surface area contributed by atoms with Gasteiger partial charge in [-0.05, 0) is 38.8 Å². The number of hydrogen-bond donors (Lipinski definition) is 2. The molecule has 0 radical (unpaired) electrons. The fraction of sp³-hybridized carbons (Fsp3) is 0.650. The first-order valence-corrected chi connectivity index (χ1v) is 9.32. The number of rotatable bonds is 8. The minimum atomic E-state index is 0. The summed E-state index contributed by atoms with van der Waals surface area (Å²) in [6.45, 7) is 14.5. The summed E-state index contributed by atoms with van der Waals surface area (Å²) in [5, 5.41) is 6.75. The number of aryl methyl sites for hydroxylation is 1. The van der Waals surface area contributed by atoms with Crippen LogP contribution in [0.25, 0.3) is 0 Å². The second-order valence-corrected chi connectivity index (χ2v) is 7.30. The standard InChI is InChI=1S/C20H33N3O2.HI/c1-6-16(4)25-18-10-15(3)8-9-17(18)11-22-19(21-7-2)23-12-20(5)13-24-14-20;/h8-10,16H,6-7,11-14H2,1-5H3,(H2,21,22,23);1H. The molecule has 26 heavy (non-hydrogen) atoms. The minimum absolute atomic E-state index is 0. The Morgan fingerprint density at radius 3 is 2.62 bits per heavy atom. The molecule has 2 N–H and O–H groups in total. The topological polar surface area (TPSA) is 54.9 Å². The van der Waals surface area contributed by atoms with E-state index in [9.17, 15) is 0 Å². The van der Waals surface area contributed by atoms with Gasteiger partial charge in [-0.25, -0.2) is 4.99 Å². The zero-order valence-electron chi connectivity index (χ0n) is 16.7. The van der Waals surface area contributed by atoms with Gasteiger partial charge >= 0.3 is 0 Å². The molecule has 1 heterocycles. The highest BCUT2D eigenvalue weighted by Gasteiger charge is 2.33. The van der Waals surface area contributed by atoms with Crippen LogP contribution in [0, 0.1) is 12.3 Å². The first kappa shape index (κ1) is 23.0. The largest absolute Gasteiger partial charge is 0.490 e. The van der Waals surface area contributed by atoms with Crippen molar-refractivity contribution in [3.63, 3.8) is 0 Å². The number of ether oxygens (including phenoxy) is 2. The maximum absolute atomic E-state index is 6.08. The molecule has 0 aliphatic carbocycles. The van der Waals surface area contributed by atoms with Gasteiger partial charge < -0.3 is 20.1 Å². The molecule has 1 aliphatic rings. The lowest BCUT2D eigenvalue weighted by Crippen LogP contribution is -2.51. The number of nitrogens with one attached hydrogen (secondary N) is 2. The number of hydrogen-bond acceptors (Lipinski definition) is 3. The lowest BCUT2D eigenvalue weighted by atomic mass is 9.89. The van der Waals surface area contributed by atoms with Crippen LogP contribution in [0.2, 0.25) is 0 Å². The average molecular weight is 475 g/mol. The van der Waals surface area contributed by atoms with E-state index in [0.717, 1.165) is 50.0 Å². The van der Waals surface area contributed by atoms with Crippen molar-refractivity contribution in [2.45, 2.75) is 53.7 Å². The summed E-state index contributed by atoms with van der Waals surface area (Å²) in [5.41, 5.74) is 2.53. The molecule has 0 saturated carbocycles. The predicted octanol–water partition coefficient (Wildman–Crippen LogP) is 3.88. The van der Waals surface area contributed by atoms with Crippen LogP contribution < -0.4 is 15.4 Å². The molecule has 6 heteroatoms. The van der Waals surface area contributed by atoms with E-state index >= 15 is 0 Å². The van der Waals surface area contributed by atoms with E-state index in [1.807, 2.05) is 0 Å². The monoisotopic (exact) mass is 475 g/mol. The molecule has 0 bridgehead atoms. The number of aliphatic imine (C=N–C) groups is 1. The Bertz CT molecular complexity index is 588. The van der Waals surface area contributed by atoms with Crippen LogP contribution in [0.5, 0.6) is 5.75 Å². The van der Waals surface area contributed by atoms with E-state index < -0.39 is 0 Å². The minimum Gasteiger partial charge on any atom is -0.490 e. The van der Waals surface area contributed by atoms with Gasteiger partial charge in [-0.15, -0.1) is 24.0 Å². The normalized spacial score (nSPS) is 16.9. The van der Waals surface area contributed by atoms with E-state index in [1.165, 1.54) is 5.56 Å². The van der Waals surface area contributed by atoms with Crippen LogP contribution in [0.4, 0.5) is 0 Å². The van der Waals surface area contributed by atoms with Crippen molar-refractivity contribution in [2.75, 3.05) is 26.3 Å². The highest BCUT2D eigenvalue weighted by Crippen LogP contribution is 2.25. The summed E-state index contributed by atoms with van der Waals surface area (Å²) in [4.78, 5) is 4.74. The van der Waals surface area contributed by atoms with Crippen molar-refractivity contribution in [3.05, 3.63) is 29.3 Å². The number of benzene rings is 1. The highest BCUT2D eigenvalue weighted by atomic mass is 127. The lowest BCUT2D eigenvalue weighted by molar-refractivity contribution is -0.0971. The number of nitrogens with zero attached hydrogens (tertiary/aromatic N) is 1. The highest BCUT2D eigenvalue weighted by molar-refractivity contribution is 14.0. The van der Waals surface area contributed by atoms with Crippen molar-refractivity contribution in [1.29, 1.82) is 0 Å². The molecule has 1 saturated heterocycles. The van der Waals surface area contributed by atoms with Gasteiger partial charge in [0.2, 0.25) is 0 Å². The Hall–Kier alpha value is -1.02. The quantitative estimate of drug-likeness (QED) is 0.341. The van der Waals surface area contributed by atoms with Crippen LogP contribution in [-0.4, -0.2) is 38.4 Å². The molecule has 148 valence electrons. The van der Waals surface area contributed by atoms with Crippen LogP contribution in [0.1, 0.15) is 45.2 Å². The third-order valence-electron chi connectivity index (χ3n) is 4.46. The number of halogens is 1. The SMILES string of the molecule is CCNC(=NCc1ccc(C)cc1OC(C)CC)NCC1(C)COC1.I. The third-order valence-corrected chi connectivity index (χ3v) is 4.46. The molecule has 0 aromatic heterocycles. The van der Waals surface area contributed by atoms with Crippen molar-refractivity contribution in [2.24, 2.45) is 10.4 Å². The molecular weight excluding hydrogens is 441 g/mol. The van der Waals surface area contributed by atoms with Crippen LogP contribution in [0.3, 0.4) is 0 Å². The summed E-state index contributed by atoms with van der Waals surface area (Å²) in [7, 11) is 0. The van der Waals surface area contributed by atoms with Crippen LogP contribution in [0.15, 0.2) is 23.2 Å². The molecule has 1 unspecified atom stereocenters. The molecular formula is C20H34IN3O2. The number of guanidine groups is 1. The Morgan fingerprint density at radius 2 is 2.04 bits per heavy atom. The van der Waals surface area contributed by atoms with Crippen molar-refractivity contribution in [3.8, 4) is 5.75 Å². The summed E-state index contributed by atoms with van der Waals surface area (Å²) >= 11 is 0. The molecule has 1 aromatic rings. The lowest BCUT2D eigenvalue weighted by Gasteiger charge is -2.38. The smallest absolute Gasteiger partial charge is 0.191 e. The molecule has 1 aliphatic heterocycles. The Balaban J connectivity index is 0.00000338. The van der Waals surface area contributed by atoms with E-state index in [4.69, 9.17) is 14.5 Å². The first-order valence-electron chi connectivity index (χ1n) is 9.32. The van der Waals surface area contributed by atoms with Gasteiger partial charge in [0.15, 0.2) is 5.96 Å². The van der Waals surface area contributed by atoms with Crippen LogP contribution in [-0.2, 0) is 11.3 Å². The van der Waals surface area contributed by atoms with E-state index in [0.29, 0.717) is 6.54 Å². The first-order chi connectivity index (χ1) is 12.0. The maximum Gasteiger partial charge on any atom is 0.191 e. The van der Waals surface area contributed by atoms with E-state index in [-0.39, 0.29) is 35.5 Å². The zero-order valence-corrected chi connectivity index (χ0v) is 19.1. The molecule has 0 spiro atoms. The average Bonchev–Trinajstić information content (AvgIpc) is 2.56. The molecule has 2 rings (SSSR count). The summed E-state index contributed by atoms with van der Waals surface area (Å²) < 4.78 is 11.4. The van der Waals surface area contributed by atoms with Crippen LogP contribution >= 0.6 is 24.0 Å². The molecule has 0 amide bonds. The zero-order chi connectivity index (χ0) is 18.3. The molecule has 1 atom stereocenters. The Morgan fingerprint density at radius 1 is 1.31 bits per heavy atom. The molecule has 1 aromatic carbocycles. The summed E-state index contributed by atoms with van der Waals surface area (Å²) in [6, 6.07) is 6.33. The van der Waals surface area contributed by atoms with Gasteiger partial charge in [0.25, 0.3) is 0 Å². The van der Waals surface area contributed by atoms with Crippen molar-refractivity contribution < 1.29 is 9.47 Å². The van der Waals surface area contributed by atoms with Gasteiger partial charge in [0.05, 0.1) is 25.9 Å². The fourth-order valence-corrected chi connectivity index (χ4v) is 2.56. The predicted molar refractivity (Wildman–Crippen MR) is 119 cm³/mol. The van der Waals surface area contributed by atoms with E-state index in [1.54, 1.807) is 0 Å². The second-order valence-electron chi connectivity index (χ2n) is 7.30. The van der Waals surface area contributed by atoms with Gasteiger partial charge in [0.1, 0.15) is 5.75 Å². The fourth-order valence-electron chi connectivity index (χ4n) is 2.56. The Kier molecular flexibility index (Phi) is 9.71. The van der Waals surface area contributed by atoms with Crippen molar-refractivity contribution >= 4 is 29.9 Å². The van der Waals surface area contributed by atoms with E-state index in [2.05, 4.69) is 63.5 Å². The van der Waals surface area contributed by atoms with Gasteiger partial charge in [-0.1, -0.05) is 26.0 Å². The molecule has 1 fully saturated rings.